The van der Waals surface area contributed by atoms with Gasteiger partial charge < -0.3 is 10.4 Å². The van der Waals surface area contributed by atoms with E-state index in [2.05, 4.69) is 5.32 Å². The number of amides is 1. The van der Waals surface area contributed by atoms with Crippen molar-refractivity contribution in [3.63, 3.8) is 0 Å². The number of hydrogen-bond acceptors (Lipinski definition) is 4. The average Bonchev–Trinajstić information content (AvgIpc) is 3.20. The van der Waals surface area contributed by atoms with E-state index in [1.807, 2.05) is 6.08 Å². The van der Waals surface area contributed by atoms with Crippen molar-refractivity contribution in [1.29, 1.82) is 0 Å². The summed E-state index contributed by atoms with van der Waals surface area (Å²) in [4.78, 5) is 12.9. The number of carbonyl (C=O) groups is 1. The molecule has 2 N–H and O–H groups in total. The lowest BCUT2D eigenvalue weighted by atomic mass is 10.0. The molecule has 4 rings (SSSR count). The number of halogens is 3. The predicted octanol–water partition coefficient (Wildman–Crippen LogP) is 3.59. The molecule has 0 saturated carbocycles. The van der Waals surface area contributed by atoms with Crippen LogP contribution in [-0.4, -0.2) is 42.9 Å². The maximum atomic E-state index is 13.6. The van der Waals surface area contributed by atoms with Gasteiger partial charge in [0.25, 0.3) is 5.91 Å². The maximum absolute atomic E-state index is 13.6. The number of rotatable bonds is 4. The molecule has 1 aliphatic heterocycles. The molecule has 1 heterocycles. The molecule has 1 saturated heterocycles. The minimum atomic E-state index is -3.87. The lowest BCUT2D eigenvalue weighted by Gasteiger charge is -2.29. The van der Waals surface area contributed by atoms with Crippen LogP contribution in [0.4, 0.5) is 14.5 Å². The van der Waals surface area contributed by atoms with Crippen LogP contribution in [0.5, 0.6) is 0 Å². The zero-order valence-electron chi connectivity index (χ0n) is 16.2. The fourth-order valence-corrected chi connectivity index (χ4v) is 5.50. The van der Waals surface area contributed by atoms with E-state index in [1.165, 1.54) is 10.4 Å². The van der Waals surface area contributed by atoms with E-state index in [-0.39, 0.29) is 29.2 Å². The highest BCUT2D eigenvalue weighted by Gasteiger charge is 2.31. The van der Waals surface area contributed by atoms with Crippen LogP contribution in [0.2, 0.25) is 5.02 Å². The molecule has 1 amide bonds. The van der Waals surface area contributed by atoms with Gasteiger partial charge in [0.1, 0.15) is 0 Å². The first-order valence-electron chi connectivity index (χ1n) is 9.64. The second-order valence-electron chi connectivity index (χ2n) is 7.49. The fraction of sp³-hybridized carbons (Fsp3) is 0.286. The van der Waals surface area contributed by atoms with Crippen LogP contribution in [0.15, 0.2) is 35.2 Å². The Balaban J connectivity index is 1.69. The number of sulfonamides is 1. The zero-order valence-corrected chi connectivity index (χ0v) is 17.8. The smallest absolute Gasteiger partial charge is 0.256 e. The summed E-state index contributed by atoms with van der Waals surface area (Å²) >= 11 is 5.64. The molecular formula is C21H19ClF2N2O4S. The summed E-state index contributed by atoms with van der Waals surface area (Å²) in [5, 5.41) is 11.6. The van der Waals surface area contributed by atoms with Crippen LogP contribution in [0.1, 0.15) is 34.3 Å². The molecule has 0 bridgehead atoms. The van der Waals surface area contributed by atoms with E-state index < -0.39 is 38.7 Å². The third kappa shape index (κ3) is 4.23. The number of aliphatic hydroxyl groups is 1. The highest BCUT2D eigenvalue weighted by molar-refractivity contribution is 7.89. The van der Waals surface area contributed by atoms with Crippen LogP contribution in [0.25, 0.3) is 6.08 Å². The van der Waals surface area contributed by atoms with Crippen LogP contribution in [-0.2, 0) is 16.4 Å². The van der Waals surface area contributed by atoms with E-state index >= 15 is 0 Å². The quantitative estimate of drug-likeness (QED) is 0.671. The van der Waals surface area contributed by atoms with Crippen LogP contribution < -0.4 is 5.32 Å². The lowest BCUT2D eigenvalue weighted by molar-refractivity contribution is 0.102. The lowest BCUT2D eigenvalue weighted by Crippen LogP contribution is -2.40. The van der Waals surface area contributed by atoms with Crippen molar-refractivity contribution >= 4 is 39.3 Å². The van der Waals surface area contributed by atoms with Crippen molar-refractivity contribution in [3.8, 4) is 0 Å². The van der Waals surface area contributed by atoms with Crippen molar-refractivity contribution in [2.45, 2.75) is 30.3 Å². The highest BCUT2D eigenvalue weighted by atomic mass is 35.5. The number of anilines is 1. The molecule has 1 aliphatic carbocycles. The van der Waals surface area contributed by atoms with Gasteiger partial charge in [-0.2, -0.15) is 4.31 Å². The summed E-state index contributed by atoms with van der Waals surface area (Å²) in [7, 11) is -3.87. The number of piperidine rings is 1. The molecule has 10 heteroatoms. The Kier molecular flexibility index (Phi) is 5.87. The monoisotopic (exact) mass is 468 g/mol. The topological polar surface area (TPSA) is 86.7 Å². The minimum absolute atomic E-state index is 0.0280. The fourth-order valence-electron chi connectivity index (χ4n) is 3.75. The van der Waals surface area contributed by atoms with Gasteiger partial charge >= 0.3 is 0 Å². The first-order valence-corrected chi connectivity index (χ1v) is 11.5. The van der Waals surface area contributed by atoms with Crippen molar-refractivity contribution in [2.75, 3.05) is 18.4 Å². The van der Waals surface area contributed by atoms with Crippen molar-refractivity contribution in [1.82, 2.24) is 4.31 Å². The van der Waals surface area contributed by atoms with E-state index in [0.717, 1.165) is 12.1 Å². The molecule has 164 valence electrons. The standard InChI is InChI=1S/C21H19ClF2N2O4S/c22-18-9-13(10-19(23)20(18)24)25-21(28)17-11-15(8-12-2-1-3-16(12)17)31(29,30)26-6-4-14(27)5-7-26/h1,3,8-11,14,27H,2,4-7H2,(H,25,28). The molecule has 2 aliphatic rings. The Morgan fingerprint density at radius 3 is 2.55 bits per heavy atom. The van der Waals surface area contributed by atoms with E-state index in [1.54, 1.807) is 12.1 Å². The summed E-state index contributed by atoms with van der Waals surface area (Å²) in [5.41, 5.74) is 1.29. The molecule has 0 unspecified atom stereocenters. The Hall–Kier alpha value is -2.33. The third-order valence-corrected chi connectivity index (χ3v) is 7.56. The van der Waals surface area contributed by atoms with Gasteiger partial charge in [-0.1, -0.05) is 23.8 Å². The average molecular weight is 469 g/mol. The van der Waals surface area contributed by atoms with Crippen molar-refractivity contribution in [2.24, 2.45) is 0 Å². The summed E-state index contributed by atoms with van der Waals surface area (Å²) in [5.74, 6) is -3.10. The molecule has 2 aromatic carbocycles. The highest BCUT2D eigenvalue weighted by Crippen LogP contribution is 2.31. The van der Waals surface area contributed by atoms with Gasteiger partial charge in [-0.05, 0) is 48.6 Å². The SMILES string of the molecule is O=C(Nc1cc(F)c(F)c(Cl)c1)c1cc(S(=O)(=O)N2CCC(O)CC2)cc2c1C=CC2. The number of nitrogens with one attached hydrogen (secondary N) is 1. The van der Waals surface area contributed by atoms with E-state index in [0.29, 0.717) is 30.4 Å². The van der Waals surface area contributed by atoms with Crippen LogP contribution >= 0.6 is 11.6 Å². The Bertz CT molecular complexity index is 1170. The molecule has 6 nitrogen and oxygen atoms in total. The molecule has 2 aromatic rings. The first-order chi connectivity index (χ1) is 14.7. The van der Waals surface area contributed by atoms with Gasteiger partial charge in [0, 0.05) is 30.4 Å². The third-order valence-electron chi connectivity index (χ3n) is 5.41. The largest absolute Gasteiger partial charge is 0.393 e. The first kappa shape index (κ1) is 21.9. The predicted molar refractivity (Wildman–Crippen MR) is 113 cm³/mol. The maximum Gasteiger partial charge on any atom is 0.256 e. The molecule has 31 heavy (non-hydrogen) atoms. The van der Waals surface area contributed by atoms with Crippen LogP contribution in [0, 0.1) is 11.6 Å². The second kappa shape index (κ2) is 8.31. The van der Waals surface area contributed by atoms with Crippen molar-refractivity contribution in [3.05, 3.63) is 63.7 Å². The summed E-state index contributed by atoms with van der Waals surface area (Å²) in [6, 6.07) is 4.70. The summed E-state index contributed by atoms with van der Waals surface area (Å²) < 4.78 is 54.6. The number of aliphatic hydroxyl groups excluding tert-OH is 1. The molecule has 0 spiro atoms. The minimum Gasteiger partial charge on any atom is -0.393 e. The van der Waals surface area contributed by atoms with Gasteiger partial charge in [0.05, 0.1) is 16.0 Å². The number of hydrogen-bond donors (Lipinski definition) is 2. The Morgan fingerprint density at radius 1 is 1.16 bits per heavy atom. The van der Waals surface area contributed by atoms with Gasteiger partial charge in [-0.15, -0.1) is 0 Å². The number of nitrogens with zero attached hydrogens (tertiary/aromatic N) is 1. The summed E-state index contributed by atoms with van der Waals surface area (Å²) in [6.07, 6.45) is 4.15. The Labute approximate surface area is 183 Å². The van der Waals surface area contributed by atoms with Gasteiger partial charge in [-0.25, -0.2) is 17.2 Å². The van der Waals surface area contributed by atoms with Gasteiger partial charge in [0.2, 0.25) is 10.0 Å². The molecule has 0 radical (unpaired) electrons. The zero-order chi connectivity index (χ0) is 22.3. The number of carbonyl (C=O) groups excluding carboxylic acids is 1. The molecule has 0 aromatic heterocycles. The number of fused-ring (bicyclic) bond motifs is 1. The van der Waals surface area contributed by atoms with E-state index in [9.17, 15) is 27.1 Å². The number of benzene rings is 2. The summed E-state index contributed by atoms with van der Waals surface area (Å²) in [6.45, 7) is 0.376. The van der Waals surface area contributed by atoms with Gasteiger partial charge in [-0.3, -0.25) is 4.79 Å². The Morgan fingerprint density at radius 2 is 1.87 bits per heavy atom. The van der Waals surface area contributed by atoms with Gasteiger partial charge in [0.15, 0.2) is 11.6 Å². The number of allylic oxidation sites excluding steroid dienone is 1. The second-order valence-corrected chi connectivity index (χ2v) is 9.84. The molecule has 0 atom stereocenters. The van der Waals surface area contributed by atoms with Crippen LogP contribution in [0.3, 0.4) is 0 Å². The molecular weight excluding hydrogens is 450 g/mol. The molecule has 1 fully saturated rings. The normalized spacial score (nSPS) is 17.0. The van der Waals surface area contributed by atoms with Crippen molar-refractivity contribution < 1.29 is 27.1 Å². The van der Waals surface area contributed by atoms with E-state index in [4.69, 9.17) is 11.6 Å².